The van der Waals surface area contributed by atoms with E-state index in [2.05, 4.69) is 4.99 Å². The third-order valence-corrected chi connectivity index (χ3v) is 6.57. The van der Waals surface area contributed by atoms with Gasteiger partial charge in [0, 0.05) is 19.2 Å². The number of morpholine rings is 1. The van der Waals surface area contributed by atoms with Gasteiger partial charge in [0.25, 0.3) is 5.91 Å². The van der Waals surface area contributed by atoms with Crippen molar-refractivity contribution in [3.8, 4) is 11.5 Å². The number of aliphatic imine (C=N–C) groups is 1. The summed E-state index contributed by atoms with van der Waals surface area (Å²) in [4.78, 5) is 33.9. The van der Waals surface area contributed by atoms with E-state index in [9.17, 15) is 9.59 Å². The average Bonchev–Trinajstić information content (AvgIpc) is 3.18. The van der Waals surface area contributed by atoms with E-state index in [-0.39, 0.29) is 23.3 Å². The average molecular weight is 502 g/mol. The Labute approximate surface area is 207 Å². The lowest BCUT2D eigenvalue weighted by molar-refractivity contribution is -0.132. The Bertz CT molecular complexity index is 1130. The van der Waals surface area contributed by atoms with Crippen molar-refractivity contribution in [3.05, 3.63) is 58.7 Å². The Kier molecular flexibility index (Phi) is 7.77. The van der Waals surface area contributed by atoms with E-state index < -0.39 is 0 Å². The van der Waals surface area contributed by atoms with Gasteiger partial charge in [-0.25, -0.2) is 4.99 Å². The first-order valence-electron chi connectivity index (χ1n) is 10.6. The Morgan fingerprint density at radius 1 is 1.15 bits per heavy atom. The van der Waals surface area contributed by atoms with Crippen molar-refractivity contribution in [2.45, 2.75) is 0 Å². The SMILES string of the molecule is COc1ccc(/C=C2/N=C(SCC(=O)N3CCOCC3)N(c3ccc(Cl)c(OC)c3)C2=O)cc1. The number of rotatable bonds is 6. The van der Waals surface area contributed by atoms with E-state index in [0.717, 1.165) is 11.3 Å². The van der Waals surface area contributed by atoms with E-state index in [1.54, 1.807) is 36.3 Å². The summed E-state index contributed by atoms with van der Waals surface area (Å²) in [7, 11) is 3.11. The fourth-order valence-electron chi connectivity index (χ4n) is 3.50. The van der Waals surface area contributed by atoms with Crippen LogP contribution in [0.25, 0.3) is 6.08 Å². The van der Waals surface area contributed by atoms with Gasteiger partial charge in [-0.1, -0.05) is 35.5 Å². The highest BCUT2D eigenvalue weighted by Gasteiger charge is 2.33. The van der Waals surface area contributed by atoms with Crippen LogP contribution in [0.15, 0.2) is 53.2 Å². The molecule has 0 atom stereocenters. The third-order valence-electron chi connectivity index (χ3n) is 5.33. The van der Waals surface area contributed by atoms with Gasteiger partial charge in [0.15, 0.2) is 5.17 Å². The zero-order valence-electron chi connectivity index (χ0n) is 18.8. The monoisotopic (exact) mass is 501 g/mol. The molecular formula is C24H24ClN3O5S. The number of thioether (sulfide) groups is 1. The molecule has 0 saturated carbocycles. The maximum Gasteiger partial charge on any atom is 0.283 e. The van der Waals surface area contributed by atoms with Crippen LogP contribution in [0.5, 0.6) is 11.5 Å². The zero-order valence-corrected chi connectivity index (χ0v) is 20.4. The number of hydrogen-bond donors (Lipinski definition) is 0. The number of benzene rings is 2. The van der Waals surface area contributed by atoms with Gasteiger partial charge >= 0.3 is 0 Å². The number of hydrogen-bond acceptors (Lipinski definition) is 7. The molecule has 0 radical (unpaired) electrons. The number of methoxy groups -OCH3 is 2. The largest absolute Gasteiger partial charge is 0.497 e. The standard InChI is InChI=1S/C24H24ClN3O5S/c1-31-18-6-3-16(4-7-18)13-20-23(30)28(17-5-8-19(25)21(14-17)32-2)24(26-20)34-15-22(29)27-9-11-33-12-10-27/h3-8,13-14H,9-12,15H2,1-2H3/b20-13+. The molecule has 1 saturated heterocycles. The van der Waals surface area contributed by atoms with Crippen LogP contribution in [-0.4, -0.2) is 68.2 Å². The van der Waals surface area contributed by atoms with Gasteiger partial charge in [0.05, 0.1) is 43.9 Å². The first kappa shape index (κ1) is 24.1. The molecule has 0 spiro atoms. The van der Waals surface area contributed by atoms with Crippen LogP contribution < -0.4 is 14.4 Å². The van der Waals surface area contributed by atoms with Crippen LogP contribution in [0, 0.1) is 0 Å². The second-order valence-electron chi connectivity index (χ2n) is 7.44. The van der Waals surface area contributed by atoms with Crippen LogP contribution in [0.2, 0.25) is 5.02 Å². The lowest BCUT2D eigenvalue weighted by Gasteiger charge is -2.27. The molecule has 0 unspecified atom stereocenters. The van der Waals surface area contributed by atoms with Crippen LogP contribution in [0.1, 0.15) is 5.56 Å². The molecule has 0 aliphatic carbocycles. The molecule has 4 rings (SSSR count). The minimum absolute atomic E-state index is 0.0235. The van der Waals surface area contributed by atoms with Crippen molar-refractivity contribution in [1.82, 2.24) is 4.90 Å². The Hall–Kier alpha value is -3.01. The first-order chi connectivity index (χ1) is 16.5. The second kappa shape index (κ2) is 10.9. The molecule has 0 bridgehead atoms. The number of carbonyl (C=O) groups excluding carboxylic acids is 2. The minimum Gasteiger partial charge on any atom is -0.497 e. The quantitative estimate of drug-likeness (QED) is 0.561. The first-order valence-corrected chi connectivity index (χ1v) is 12.0. The van der Waals surface area contributed by atoms with Crippen molar-refractivity contribution >= 4 is 52.1 Å². The van der Waals surface area contributed by atoms with Gasteiger partial charge in [-0.3, -0.25) is 14.5 Å². The van der Waals surface area contributed by atoms with Gasteiger partial charge in [-0.2, -0.15) is 0 Å². The van der Waals surface area contributed by atoms with Gasteiger partial charge in [-0.05, 0) is 35.9 Å². The van der Waals surface area contributed by atoms with Crippen LogP contribution in [-0.2, 0) is 14.3 Å². The normalized spacial score (nSPS) is 17.2. The maximum atomic E-state index is 13.4. The fourth-order valence-corrected chi connectivity index (χ4v) is 4.61. The van der Waals surface area contributed by atoms with E-state index in [0.29, 0.717) is 47.9 Å². The molecule has 2 aromatic carbocycles. The molecule has 2 aliphatic rings. The van der Waals surface area contributed by atoms with Gasteiger partial charge in [-0.15, -0.1) is 0 Å². The van der Waals surface area contributed by atoms with E-state index in [1.807, 2.05) is 24.3 Å². The Balaban J connectivity index is 1.62. The summed E-state index contributed by atoms with van der Waals surface area (Å²) in [5, 5.41) is 0.844. The van der Waals surface area contributed by atoms with Crippen molar-refractivity contribution in [2.24, 2.45) is 4.99 Å². The van der Waals surface area contributed by atoms with Crippen molar-refractivity contribution < 1.29 is 23.8 Å². The molecule has 0 aromatic heterocycles. The number of nitrogens with zero attached hydrogens (tertiary/aromatic N) is 3. The molecule has 10 heteroatoms. The van der Waals surface area contributed by atoms with E-state index >= 15 is 0 Å². The molecule has 8 nitrogen and oxygen atoms in total. The second-order valence-corrected chi connectivity index (χ2v) is 8.79. The lowest BCUT2D eigenvalue weighted by atomic mass is 10.2. The molecule has 2 amide bonds. The number of ether oxygens (including phenoxy) is 3. The van der Waals surface area contributed by atoms with Crippen LogP contribution >= 0.6 is 23.4 Å². The topological polar surface area (TPSA) is 80.7 Å². The summed E-state index contributed by atoms with van der Waals surface area (Å²) < 4.78 is 15.8. The molecule has 0 N–H and O–H groups in total. The summed E-state index contributed by atoms with van der Waals surface area (Å²) in [6.45, 7) is 2.18. The van der Waals surface area contributed by atoms with Gasteiger partial charge in [0.1, 0.15) is 17.2 Å². The van der Waals surface area contributed by atoms with Gasteiger partial charge in [0.2, 0.25) is 5.91 Å². The lowest BCUT2D eigenvalue weighted by Crippen LogP contribution is -2.42. The summed E-state index contributed by atoms with van der Waals surface area (Å²) in [6.07, 6.45) is 1.71. The summed E-state index contributed by atoms with van der Waals surface area (Å²) in [5.74, 6) is 0.985. The van der Waals surface area contributed by atoms with E-state index in [1.165, 1.54) is 23.8 Å². The molecular weight excluding hydrogens is 478 g/mol. The molecule has 2 aromatic rings. The number of carbonyl (C=O) groups is 2. The fraction of sp³-hybridized carbons (Fsp3) is 0.292. The number of amides is 2. The Morgan fingerprint density at radius 2 is 1.88 bits per heavy atom. The summed E-state index contributed by atoms with van der Waals surface area (Å²) >= 11 is 7.40. The van der Waals surface area contributed by atoms with Gasteiger partial charge < -0.3 is 19.1 Å². The highest BCUT2D eigenvalue weighted by atomic mass is 35.5. The zero-order chi connectivity index (χ0) is 24.1. The Morgan fingerprint density at radius 3 is 2.56 bits per heavy atom. The van der Waals surface area contributed by atoms with E-state index in [4.69, 9.17) is 25.8 Å². The van der Waals surface area contributed by atoms with Crippen molar-refractivity contribution in [1.29, 1.82) is 0 Å². The number of amidine groups is 1. The van der Waals surface area contributed by atoms with Crippen LogP contribution in [0.3, 0.4) is 0 Å². The highest BCUT2D eigenvalue weighted by Crippen LogP contribution is 2.34. The molecule has 1 fully saturated rings. The smallest absolute Gasteiger partial charge is 0.283 e. The molecule has 2 aliphatic heterocycles. The molecule has 2 heterocycles. The minimum atomic E-state index is -0.304. The summed E-state index contributed by atoms with van der Waals surface area (Å²) in [5.41, 5.74) is 1.62. The molecule has 178 valence electrons. The van der Waals surface area contributed by atoms with Crippen molar-refractivity contribution in [2.75, 3.05) is 51.2 Å². The summed E-state index contributed by atoms with van der Waals surface area (Å²) in [6, 6.07) is 12.4. The highest BCUT2D eigenvalue weighted by molar-refractivity contribution is 8.14. The van der Waals surface area contributed by atoms with Crippen LogP contribution in [0.4, 0.5) is 5.69 Å². The molecule has 34 heavy (non-hydrogen) atoms. The number of anilines is 1. The number of halogens is 1. The predicted octanol–water partition coefficient (Wildman–Crippen LogP) is 3.69. The maximum absolute atomic E-state index is 13.4. The predicted molar refractivity (Wildman–Crippen MR) is 134 cm³/mol. The van der Waals surface area contributed by atoms with Crippen molar-refractivity contribution in [3.63, 3.8) is 0 Å². The third kappa shape index (κ3) is 5.38.